The number of benzene rings is 2. The SMILES string of the molecule is CC(C)(C)OC(=O)N[C@@H](CC(=O)O)Cc1cc(F)c(F)cc1F.N[C@@H](CC(=O)N1CC[C@@H]2CN(C(=O)C3CC3)C[C@@H]21)Cc1cc(F)c(F)cc1F.O=C(C1CC1)N1C[C@H]2CCN[C@H]2C1.O=CO/C=C/C(=O)O. The topological polar surface area (TPSA) is 238 Å². The zero-order valence-corrected chi connectivity index (χ0v) is 40.2. The highest BCUT2D eigenvalue weighted by Crippen LogP contribution is 2.37. The number of aliphatic carboxylic acids is 2. The maximum Gasteiger partial charge on any atom is 0.407 e. The Morgan fingerprint density at radius 2 is 1.29 bits per heavy atom. The number of nitrogens with two attached hydrogens (primary N) is 1. The fraction of sp³-hybridized carbons (Fsp3) is 0.571. The molecule has 6 atom stereocenters. The lowest BCUT2D eigenvalue weighted by Gasteiger charge is -2.26. The summed E-state index contributed by atoms with van der Waals surface area (Å²) in [6.45, 7) is 10.0. The Morgan fingerprint density at radius 3 is 1.81 bits per heavy atom. The predicted molar refractivity (Wildman–Crippen MR) is 244 cm³/mol. The fourth-order valence-corrected chi connectivity index (χ4v) is 9.05. The van der Waals surface area contributed by atoms with E-state index in [2.05, 4.69) is 20.3 Å². The van der Waals surface area contributed by atoms with E-state index in [1.165, 1.54) is 6.42 Å². The van der Waals surface area contributed by atoms with Crippen LogP contribution < -0.4 is 16.4 Å². The molecule has 0 aromatic heterocycles. The number of carbonyl (C=O) groups is 7. The molecular formula is C49H62F6N6O11. The number of likely N-dealkylation sites (tertiary alicyclic amines) is 3. The molecule has 2 aromatic rings. The van der Waals surface area contributed by atoms with E-state index in [1.54, 1.807) is 25.7 Å². The molecule has 6 N–H and O–H groups in total. The molecule has 17 nitrogen and oxygen atoms in total. The van der Waals surface area contributed by atoms with Gasteiger partial charge in [0.1, 0.15) is 23.5 Å². The number of halogens is 6. The first-order chi connectivity index (χ1) is 33.9. The Labute approximate surface area is 412 Å². The number of amides is 4. The molecular weight excluding hydrogens is 963 g/mol. The number of ether oxygens (including phenoxy) is 2. The Bertz CT molecular complexity index is 2320. The Kier molecular flexibility index (Phi) is 20.0. The van der Waals surface area contributed by atoms with Gasteiger partial charge >= 0.3 is 18.0 Å². The van der Waals surface area contributed by atoms with Crippen molar-refractivity contribution in [3.05, 3.63) is 82.6 Å². The summed E-state index contributed by atoms with van der Waals surface area (Å²) in [6.07, 6.45) is 6.03. The molecule has 4 saturated heterocycles. The lowest BCUT2D eigenvalue weighted by atomic mass is 10.0. The van der Waals surface area contributed by atoms with Gasteiger partial charge in [0.2, 0.25) is 17.7 Å². The van der Waals surface area contributed by atoms with E-state index >= 15 is 0 Å². The molecule has 0 spiro atoms. The van der Waals surface area contributed by atoms with E-state index in [0.29, 0.717) is 67.7 Å². The Hall–Kier alpha value is -6.23. The molecule has 6 fully saturated rings. The van der Waals surface area contributed by atoms with Gasteiger partial charge in [-0.25, -0.2) is 35.9 Å². The molecule has 0 unspecified atom stereocenters. The molecule has 396 valence electrons. The van der Waals surface area contributed by atoms with Gasteiger partial charge in [0, 0.05) is 87.2 Å². The van der Waals surface area contributed by atoms with Crippen molar-refractivity contribution in [2.45, 2.75) is 115 Å². The van der Waals surface area contributed by atoms with Gasteiger partial charge in [0.15, 0.2) is 23.3 Å². The van der Waals surface area contributed by atoms with Crippen molar-refractivity contribution in [1.29, 1.82) is 0 Å². The number of carbonyl (C=O) groups excluding carboxylic acids is 5. The van der Waals surface area contributed by atoms with Gasteiger partial charge < -0.3 is 50.8 Å². The number of hydrogen-bond acceptors (Lipinski definition) is 11. The van der Waals surface area contributed by atoms with Crippen molar-refractivity contribution in [2.75, 3.05) is 39.3 Å². The minimum absolute atomic E-state index is 0.00176. The molecule has 8 rings (SSSR count). The maximum absolute atomic E-state index is 13.8. The lowest BCUT2D eigenvalue weighted by Crippen LogP contribution is -2.43. The number of fused-ring (bicyclic) bond motifs is 2. The minimum atomic E-state index is -1.35. The van der Waals surface area contributed by atoms with Gasteiger partial charge in [-0.15, -0.1) is 0 Å². The summed E-state index contributed by atoms with van der Waals surface area (Å²) in [5.41, 5.74) is 4.91. The average Bonchev–Trinajstić information content (AvgIpc) is 4.14. The quantitative estimate of drug-likeness (QED) is 0.0562. The highest BCUT2D eigenvalue weighted by Gasteiger charge is 2.47. The van der Waals surface area contributed by atoms with Crippen LogP contribution in [0.4, 0.5) is 31.1 Å². The first-order valence-electron chi connectivity index (χ1n) is 23.8. The number of alkyl carbamates (subject to hydrolysis) is 1. The molecule has 2 saturated carbocycles. The number of nitrogens with one attached hydrogen (secondary N) is 2. The third-order valence-corrected chi connectivity index (χ3v) is 12.8. The molecule has 4 aliphatic heterocycles. The predicted octanol–water partition coefficient (Wildman–Crippen LogP) is 4.82. The second-order valence-corrected chi connectivity index (χ2v) is 19.7. The maximum atomic E-state index is 13.8. The first-order valence-corrected chi connectivity index (χ1v) is 23.8. The monoisotopic (exact) mass is 1020 g/mol. The standard InChI is InChI=1S/C20H24F3N3O2.C15H18F3NO4.C10H16N2O.C4H4O4/c21-15-8-17(23)16(22)6-13(15)5-14(24)7-19(27)26-4-3-12-9-25(10-18(12)26)20(28)11-1-2-11;1-15(2,3)23-14(22)19-9(6-13(20)21)4-8-5-11(17)12(18)7-10(8)16;13-10(7-1-2-7)12-5-8-3-4-11-9(8)6-12;5-3-8-2-1-4(6)7/h6,8,11-12,14,18H,1-5,7,9-10,24H2;5,7,9H,4,6H2,1-3H3,(H,19,22)(H,20,21);7-9,11H,1-6H2;1-3H,(H,6,7)/b;;;2-1+/t12-,14-,18+;9-;8-,9+;/m111./s1. The van der Waals surface area contributed by atoms with Crippen LogP contribution in [0.3, 0.4) is 0 Å². The summed E-state index contributed by atoms with van der Waals surface area (Å²) in [5.74, 6) is -7.15. The van der Waals surface area contributed by atoms with Crippen LogP contribution in [0.25, 0.3) is 0 Å². The average molecular weight is 1030 g/mol. The van der Waals surface area contributed by atoms with Gasteiger partial charge in [0.25, 0.3) is 6.47 Å². The largest absolute Gasteiger partial charge is 0.481 e. The van der Waals surface area contributed by atoms with Crippen molar-refractivity contribution >= 4 is 42.2 Å². The minimum Gasteiger partial charge on any atom is -0.481 e. The van der Waals surface area contributed by atoms with Crippen molar-refractivity contribution in [1.82, 2.24) is 25.3 Å². The zero-order chi connectivity index (χ0) is 53.0. The molecule has 4 heterocycles. The Morgan fingerprint density at radius 1 is 0.750 bits per heavy atom. The highest BCUT2D eigenvalue weighted by molar-refractivity contribution is 5.83. The van der Waals surface area contributed by atoms with Crippen molar-refractivity contribution < 1.29 is 79.6 Å². The van der Waals surface area contributed by atoms with E-state index in [-0.39, 0.29) is 60.6 Å². The van der Waals surface area contributed by atoms with E-state index in [1.807, 2.05) is 4.90 Å². The summed E-state index contributed by atoms with van der Waals surface area (Å²) in [7, 11) is 0. The van der Waals surface area contributed by atoms with E-state index < -0.39 is 77.0 Å². The third kappa shape index (κ3) is 17.2. The zero-order valence-electron chi connectivity index (χ0n) is 40.2. The highest BCUT2D eigenvalue weighted by atomic mass is 19.2. The number of carboxylic acids is 2. The van der Waals surface area contributed by atoms with Gasteiger partial charge in [-0.1, -0.05) is 0 Å². The second kappa shape index (κ2) is 25.4. The molecule has 23 heteroatoms. The fourth-order valence-electron chi connectivity index (χ4n) is 9.05. The smallest absolute Gasteiger partial charge is 0.407 e. The summed E-state index contributed by atoms with van der Waals surface area (Å²) >= 11 is 0. The van der Waals surface area contributed by atoms with Crippen molar-refractivity contribution in [3.8, 4) is 0 Å². The Balaban J connectivity index is 0.000000195. The van der Waals surface area contributed by atoms with Crippen molar-refractivity contribution in [2.24, 2.45) is 29.4 Å². The van der Waals surface area contributed by atoms with E-state index in [4.69, 9.17) is 20.7 Å². The molecule has 2 aromatic carbocycles. The normalized spacial score (nSPS) is 21.7. The molecule has 2 aliphatic carbocycles. The van der Waals surface area contributed by atoms with Crippen LogP contribution in [0.2, 0.25) is 0 Å². The second-order valence-electron chi connectivity index (χ2n) is 19.7. The number of carboxylic acid groups (broad SMARTS) is 2. The van der Waals surface area contributed by atoms with Gasteiger partial charge in [-0.2, -0.15) is 0 Å². The van der Waals surface area contributed by atoms with Gasteiger partial charge in [-0.05, 0) is 108 Å². The summed E-state index contributed by atoms with van der Waals surface area (Å²) in [4.78, 5) is 84.0. The lowest BCUT2D eigenvalue weighted by molar-refractivity contribution is -0.138. The van der Waals surface area contributed by atoms with Crippen LogP contribution in [0.15, 0.2) is 36.6 Å². The van der Waals surface area contributed by atoms with Crippen molar-refractivity contribution in [3.63, 3.8) is 0 Å². The molecule has 0 radical (unpaired) electrons. The van der Waals surface area contributed by atoms with Crippen LogP contribution in [0.1, 0.15) is 83.3 Å². The summed E-state index contributed by atoms with van der Waals surface area (Å²) in [5, 5.41) is 22.5. The third-order valence-electron chi connectivity index (χ3n) is 12.8. The molecule has 4 amide bonds. The van der Waals surface area contributed by atoms with Crippen LogP contribution in [0.5, 0.6) is 0 Å². The first kappa shape index (κ1) is 56.7. The van der Waals surface area contributed by atoms with E-state index in [9.17, 15) is 59.9 Å². The van der Waals surface area contributed by atoms with E-state index in [0.717, 1.165) is 70.0 Å². The van der Waals surface area contributed by atoms with Gasteiger partial charge in [-0.3, -0.25) is 24.0 Å². The summed E-state index contributed by atoms with van der Waals surface area (Å²) in [6, 6.07) is 1.18. The molecule has 0 bridgehead atoms. The molecule has 6 aliphatic rings. The van der Waals surface area contributed by atoms with Crippen LogP contribution >= 0.6 is 0 Å². The summed E-state index contributed by atoms with van der Waals surface area (Å²) < 4.78 is 88.8. The molecule has 72 heavy (non-hydrogen) atoms. The van der Waals surface area contributed by atoms with Gasteiger partial charge in [0.05, 0.1) is 18.5 Å². The number of rotatable bonds is 14. The number of nitrogens with zero attached hydrogens (tertiary/aromatic N) is 3. The van der Waals surface area contributed by atoms with Crippen LogP contribution in [0, 0.1) is 58.6 Å². The van der Waals surface area contributed by atoms with Crippen LogP contribution in [-0.2, 0) is 51.1 Å². The number of hydrogen-bond donors (Lipinski definition) is 5. The van der Waals surface area contributed by atoms with Crippen LogP contribution in [-0.4, -0.2) is 136 Å².